The molecule has 4 heteroatoms. The van der Waals surface area contributed by atoms with E-state index in [0.29, 0.717) is 5.02 Å². The van der Waals surface area contributed by atoms with Crippen LogP contribution in [-0.2, 0) is 4.79 Å². The van der Waals surface area contributed by atoms with Crippen molar-refractivity contribution in [2.24, 2.45) is 0 Å². The highest BCUT2D eigenvalue weighted by Crippen LogP contribution is 2.28. The second kappa shape index (κ2) is 5.89. The second-order valence-corrected chi connectivity index (χ2v) is 7.18. The van der Waals surface area contributed by atoms with Crippen molar-refractivity contribution in [1.29, 1.82) is 0 Å². The van der Waals surface area contributed by atoms with Crippen LogP contribution in [0.3, 0.4) is 0 Å². The van der Waals surface area contributed by atoms with Gasteiger partial charge in [-0.1, -0.05) is 56.3 Å². The summed E-state index contributed by atoms with van der Waals surface area (Å²) in [4.78, 5) is 11.7. The normalized spacial score (nSPS) is 13.5. The molecule has 1 aromatic carbocycles. The van der Waals surface area contributed by atoms with Crippen molar-refractivity contribution in [3.63, 3.8) is 0 Å². The number of benzene rings is 1. The van der Waals surface area contributed by atoms with Crippen LogP contribution in [0.2, 0.25) is 5.02 Å². The van der Waals surface area contributed by atoms with Crippen LogP contribution in [0.15, 0.2) is 24.3 Å². The third-order valence-corrected chi connectivity index (χ3v) is 3.29. The lowest BCUT2D eigenvalue weighted by Gasteiger charge is -2.17. The van der Waals surface area contributed by atoms with Crippen LogP contribution in [0.25, 0.3) is 0 Å². The molecule has 0 bridgehead atoms. The van der Waals surface area contributed by atoms with E-state index < -0.39 is 6.10 Å². The molecule has 17 heavy (non-hydrogen) atoms. The van der Waals surface area contributed by atoms with Crippen LogP contribution in [-0.4, -0.2) is 15.0 Å². The van der Waals surface area contributed by atoms with Crippen molar-refractivity contribution in [2.75, 3.05) is 0 Å². The van der Waals surface area contributed by atoms with Crippen LogP contribution >= 0.6 is 23.4 Å². The summed E-state index contributed by atoms with van der Waals surface area (Å²) in [5, 5.41) is 10.5. The largest absolute Gasteiger partial charge is 0.388 e. The molecule has 0 aromatic heterocycles. The van der Waals surface area contributed by atoms with Gasteiger partial charge >= 0.3 is 0 Å². The molecule has 94 valence electrons. The van der Waals surface area contributed by atoms with Crippen LogP contribution in [0.5, 0.6) is 0 Å². The van der Waals surface area contributed by atoms with Gasteiger partial charge in [0.05, 0.1) is 6.10 Å². The van der Waals surface area contributed by atoms with Gasteiger partial charge in [-0.05, 0) is 17.7 Å². The Morgan fingerprint density at radius 1 is 1.35 bits per heavy atom. The van der Waals surface area contributed by atoms with Gasteiger partial charge in [0.25, 0.3) is 0 Å². The van der Waals surface area contributed by atoms with E-state index >= 15 is 0 Å². The Kier molecular flexibility index (Phi) is 5.04. The first-order chi connectivity index (χ1) is 7.78. The molecular formula is C13H17ClO2S. The molecule has 0 radical (unpaired) electrons. The van der Waals surface area contributed by atoms with E-state index in [1.807, 2.05) is 20.8 Å². The lowest BCUT2D eigenvalue weighted by Crippen LogP contribution is -2.13. The van der Waals surface area contributed by atoms with Gasteiger partial charge in [0.15, 0.2) is 5.12 Å². The Balaban J connectivity index is 2.57. The number of carbonyl (C=O) groups is 1. The molecule has 0 saturated heterocycles. The molecular weight excluding hydrogens is 256 g/mol. The van der Waals surface area contributed by atoms with Gasteiger partial charge < -0.3 is 5.11 Å². The first kappa shape index (κ1) is 14.6. The standard InChI is InChI=1S/C13H17ClO2S/c1-13(2,3)17-12(16)8-11(15)9-4-6-10(14)7-5-9/h4-7,11,15H,8H2,1-3H3. The van der Waals surface area contributed by atoms with Crippen LogP contribution in [0.1, 0.15) is 38.9 Å². The zero-order valence-corrected chi connectivity index (χ0v) is 11.8. The molecule has 0 spiro atoms. The van der Waals surface area contributed by atoms with Gasteiger partial charge in [0, 0.05) is 16.2 Å². The maximum atomic E-state index is 11.7. The maximum Gasteiger partial charge on any atom is 0.192 e. The van der Waals surface area contributed by atoms with Crippen LogP contribution in [0.4, 0.5) is 0 Å². The van der Waals surface area contributed by atoms with Gasteiger partial charge in [-0.3, -0.25) is 4.79 Å². The minimum atomic E-state index is -0.755. The number of hydrogen-bond donors (Lipinski definition) is 1. The fourth-order valence-corrected chi connectivity index (χ4v) is 2.39. The SMILES string of the molecule is CC(C)(C)SC(=O)CC(O)c1ccc(Cl)cc1. The molecule has 1 rings (SSSR count). The van der Waals surface area contributed by atoms with E-state index in [0.717, 1.165) is 5.56 Å². The van der Waals surface area contributed by atoms with Gasteiger partial charge in [0.2, 0.25) is 0 Å². The van der Waals surface area contributed by atoms with E-state index in [-0.39, 0.29) is 16.3 Å². The predicted octanol–water partition coefficient (Wildman–Crippen LogP) is 3.82. The summed E-state index contributed by atoms with van der Waals surface area (Å²) in [6.45, 7) is 5.93. The minimum absolute atomic E-state index is 0.0000463. The first-order valence-corrected chi connectivity index (χ1v) is 6.63. The van der Waals surface area contributed by atoms with Crippen molar-refractivity contribution in [1.82, 2.24) is 0 Å². The lowest BCUT2D eigenvalue weighted by atomic mass is 10.1. The predicted molar refractivity (Wildman–Crippen MR) is 73.4 cm³/mol. The van der Waals surface area contributed by atoms with E-state index in [1.54, 1.807) is 24.3 Å². The molecule has 2 nitrogen and oxygen atoms in total. The molecule has 0 fully saturated rings. The number of halogens is 1. The summed E-state index contributed by atoms with van der Waals surface area (Å²) < 4.78 is -0.114. The molecule has 0 aliphatic carbocycles. The number of thioether (sulfide) groups is 1. The Bertz CT molecular complexity index is 381. The molecule has 1 N–H and O–H groups in total. The summed E-state index contributed by atoms with van der Waals surface area (Å²) >= 11 is 7.01. The fraction of sp³-hybridized carbons (Fsp3) is 0.462. The molecule has 1 aromatic rings. The minimum Gasteiger partial charge on any atom is -0.388 e. The monoisotopic (exact) mass is 272 g/mol. The summed E-state index contributed by atoms with van der Waals surface area (Å²) in [6, 6.07) is 6.90. The Labute approximate surface area is 111 Å². The van der Waals surface area contributed by atoms with Gasteiger partial charge in [-0.2, -0.15) is 0 Å². The Morgan fingerprint density at radius 2 is 1.88 bits per heavy atom. The zero-order chi connectivity index (χ0) is 13.1. The summed E-state index contributed by atoms with van der Waals surface area (Å²) in [7, 11) is 0. The highest BCUT2D eigenvalue weighted by atomic mass is 35.5. The highest BCUT2D eigenvalue weighted by molar-refractivity contribution is 8.14. The summed E-state index contributed by atoms with van der Waals surface area (Å²) in [6.07, 6.45) is -0.626. The van der Waals surface area contributed by atoms with Crippen molar-refractivity contribution in [3.8, 4) is 0 Å². The van der Waals surface area contributed by atoms with Crippen LogP contribution < -0.4 is 0 Å². The number of aliphatic hydroxyl groups is 1. The smallest absolute Gasteiger partial charge is 0.192 e. The number of carbonyl (C=O) groups excluding carboxylic acids is 1. The third kappa shape index (κ3) is 5.57. The van der Waals surface area contributed by atoms with Crippen molar-refractivity contribution in [3.05, 3.63) is 34.9 Å². The zero-order valence-electron chi connectivity index (χ0n) is 10.2. The number of aliphatic hydroxyl groups excluding tert-OH is 1. The molecule has 1 unspecified atom stereocenters. The Hall–Kier alpha value is -0.510. The summed E-state index contributed by atoms with van der Waals surface area (Å²) in [5.74, 6) is 0. The van der Waals surface area contributed by atoms with Gasteiger partial charge in [0.1, 0.15) is 0 Å². The van der Waals surface area contributed by atoms with E-state index in [1.165, 1.54) is 11.8 Å². The second-order valence-electron chi connectivity index (χ2n) is 4.86. The van der Waals surface area contributed by atoms with Gasteiger partial charge in [-0.15, -0.1) is 0 Å². The summed E-state index contributed by atoms with van der Waals surface area (Å²) in [5.41, 5.74) is 0.720. The molecule has 0 heterocycles. The first-order valence-electron chi connectivity index (χ1n) is 5.43. The maximum absolute atomic E-state index is 11.7. The topological polar surface area (TPSA) is 37.3 Å². The molecule has 1 atom stereocenters. The number of rotatable bonds is 3. The van der Waals surface area contributed by atoms with Crippen LogP contribution in [0, 0.1) is 0 Å². The van der Waals surface area contributed by atoms with Crippen molar-refractivity contribution < 1.29 is 9.90 Å². The fourth-order valence-electron chi connectivity index (χ4n) is 1.34. The van der Waals surface area contributed by atoms with E-state index in [9.17, 15) is 9.90 Å². The quantitative estimate of drug-likeness (QED) is 0.909. The lowest BCUT2D eigenvalue weighted by molar-refractivity contribution is -0.112. The van der Waals surface area contributed by atoms with Gasteiger partial charge in [-0.25, -0.2) is 0 Å². The Morgan fingerprint density at radius 3 is 2.35 bits per heavy atom. The average Bonchev–Trinajstić information content (AvgIpc) is 2.15. The van der Waals surface area contributed by atoms with Crippen molar-refractivity contribution in [2.45, 2.75) is 38.0 Å². The van der Waals surface area contributed by atoms with Crippen molar-refractivity contribution >= 4 is 28.5 Å². The average molecular weight is 273 g/mol. The van der Waals surface area contributed by atoms with E-state index in [4.69, 9.17) is 11.6 Å². The third-order valence-electron chi connectivity index (χ3n) is 2.03. The molecule has 0 aliphatic heterocycles. The highest BCUT2D eigenvalue weighted by Gasteiger charge is 2.20. The molecule has 0 saturated carbocycles. The molecule has 0 amide bonds. The number of hydrogen-bond acceptors (Lipinski definition) is 3. The van der Waals surface area contributed by atoms with E-state index in [2.05, 4.69) is 0 Å². The molecule has 0 aliphatic rings.